The van der Waals surface area contributed by atoms with Gasteiger partial charge >= 0.3 is 39.5 Å². The zero-order chi connectivity index (χ0) is 62.2. The van der Waals surface area contributed by atoms with Crippen LogP contribution >= 0.6 is 15.6 Å². The number of esters is 4. The largest absolute Gasteiger partial charge is 0.472 e. The molecule has 0 radical (unpaired) electrons. The van der Waals surface area contributed by atoms with Gasteiger partial charge in [-0.15, -0.1) is 0 Å². The van der Waals surface area contributed by atoms with Gasteiger partial charge in [-0.1, -0.05) is 273 Å². The van der Waals surface area contributed by atoms with Crippen LogP contribution in [-0.4, -0.2) is 96.7 Å². The molecule has 0 saturated carbocycles. The first-order chi connectivity index (χ1) is 40.4. The third kappa shape index (κ3) is 57.8. The molecule has 6 atom stereocenters. The molecular weight excluding hydrogens is 1110 g/mol. The summed E-state index contributed by atoms with van der Waals surface area (Å²) in [5, 5.41) is 10.5. The highest BCUT2D eigenvalue weighted by molar-refractivity contribution is 7.47. The molecular formula is C65H126O17P2. The summed E-state index contributed by atoms with van der Waals surface area (Å²) in [6.07, 6.45) is 40.2. The number of phosphoric acid groups is 2. The lowest BCUT2D eigenvalue weighted by molar-refractivity contribution is -0.161. The van der Waals surface area contributed by atoms with E-state index in [0.717, 1.165) is 95.8 Å². The molecule has 0 aromatic carbocycles. The molecule has 0 heterocycles. The fraction of sp³-hybridized carbons (Fsp3) is 0.938. The van der Waals surface area contributed by atoms with Crippen molar-refractivity contribution in [3.63, 3.8) is 0 Å². The molecule has 0 amide bonds. The van der Waals surface area contributed by atoms with Crippen LogP contribution < -0.4 is 0 Å². The second kappa shape index (κ2) is 57.5. The highest BCUT2D eigenvalue weighted by Gasteiger charge is 2.30. The fourth-order valence-electron chi connectivity index (χ4n) is 9.68. The van der Waals surface area contributed by atoms with Gasteiger partial charge in [0.1, 0.15) is 19.3 Å². The maximum absolute atomic E-state index is 13.0. The van der Waals surface area contributed by atoms with E-state index in [-0.39, 0.29) is 25.7 Å². The first kappa shape index (κ1) is 82.1. The molecule has 0 bridgehead atoms. The van der Waals surface area contributed by atoms with Crippen molar-refractivity contribution in [3.8, 4) is 0 Å². The number of ether oxygens (including phenoxy) is 4. The van der Waals surface area contributed by atoms with E-state index in [9.17, 15) is 43.2 Å². The van der Waals surface area contributed by atoms with Gasteiger partial charge in [0.05, 0.1) is 26.4 Å². The lowest BCUT2D eigenvalue weighted by atomic mass is 9.99. The Morgan fingerprint density at radius 3 is 0.905 bits per heavy atom. The lowest BCUT2D eigenvalue weighted by Gasteiger charge is -2.21. The molecule has 0 fully saturated rings. The number of phosphoric ester groups is 2. The fourth-order valence-corrected chi connectivity index (χ4v) is 11.3. The Kier molecular flexibility index (Phi) is 56.2. The van der Waals surface area contributed by atoms with Crippen LogP contribution in [0.1, 0.15) is 324 Å². The van der Waals surface area contributed by atoms with Crippen molar-refractivity contribution in [1.82, 2.24) is 0 Å². The van der Waals surface area contributed by atoms with Crippen molar-refractivity contribution in [3.05, 3.63) is 0 Å². The Bertz CT molecular complexity index is 1650. The van der Waals surface area contributed by atoms with E-state index in [4.69, 9.17) is 37.0 Å². The molecule has 0 aromatic rings. The predicted molar refractivity (Wildman–Crippen MR) is 335 cm³/mol. The maximum atomic E-state index is 13.0. The number of carbonyl (C=O) groups excluding carboxylic acids is 4. The zero-order valence-corrected chi connectivity index (χ0v) is 56.0. The molecule has 84 heavy (non-hydrogen) atoms. The minimum atomic E-state index is -4.95. The molecule has 19 heteroatoms. The molecule has 0 rings (SSSR count). The van der Waals surface area contributed by atoms with Gasteiger partial charge in [-0.3, -0.25) is 37.3 Å². The monoisotopic (exact) mass is 1240 g/mol. The van der Waals surface area contributed by atoms with Gasteiger partial charge in [0.25, 0.3) is 0 Å². The van der Waals surface area contributed by atoms with Crippen LogP contribution in [0, 0.1) is 11.8 Å². The molecule has 0 aliphatic heterocycles. The zero-order valence-electron chi connectivity index (χ0n) is 54.2. The Hall–Kier alpha value is -1.94. The molecule has 3 unspecified atom stereocenters. The van der Waals surface area contributed by atoms with Gasteiger partial charge in [0.15, 0.2) is 12.2 Å². The number of rotatable bonds is 64. The summed E-state index contributed by atoms with van der Waals surface area (Å²) in [5.74, 6) is -0.669. The minimum absolute atomic E-state index is 0.103. The minimum Gasteiger partial charge on any atom is -0.462 e. The molecule has 17 nitrogen and oxygen atoms in total. The van der Waals surface area contributed by atoms with Crippen molar-refractivity contribution >= 4 is 39.5 Å². The van der Waals surface area contributed by atoms with Crippen LogP contribution in [0.25, 0.3) is 0 Å². The van der Waals surface area contributed by atoms with Crippen molar-refractivity contribution < 1.29 is 80.2 Å². The second-order valence-corrected chi connectivity index (χ2v) is 27.1. The topological polar surface area (TPSA) is 237 Å². The number of aliphatic hydroxyl groups is 1. The average Bonchev–Trinajstić information content (AvgIpc) is 3.55. The summed E-state index contributed by atoms with van der Waals surface area (Å²) < 4.78 is 68.0. The lowest BCUT2D eigenvalue weighted by Crippen LogP contribution is -2.30. The van der Waals surface area contributed by atoms with Crippen LogP contribution in [0.5, 0.6) is 0 Å². The van der Waals surface area contributed by atoms with Crippen molar-refractivity contribution in [2.75, 3.05) is 39.6 Å². The third-order valence-corrected chi connectivity index (χ3v) is 17.2. The number of aliphatic hydroxyl groups excluding tert-OH is 1. The van der Waals surface area contributed by atoms with Crippen LogP contribution in [0.15, 0.2) is 0 Å². The quantitative estimate of drug-likeness (QED) is 0.0222. The van der Waals surface area contributed by atoms with Gasteiger partial charge < -0.3 is 33.8 Å². The summed E-state index contributed by atoms with van der Waals surface area (Å²) in [7, 11) is -9.89. The van der Waals surface area contributed by atoms with E-state index in [1.54, 1.807) is 0 Å². The van der Waals surface area contributed by atoms with Gasteiger partial charge in [0, 0.05) is 25.7 Å². The molecule has 0 aliphatic rings. The number of hydrogen-bond acceptors (Lipinski definition) is 15. The first-order valence-electron chi connectivity index (χ1n) is 34.0. The van der Waals surface area contributed by atoms with E-state index in [0.29, 0.717) is 31.6 Å². The average molecular weight is 1240 g/mol. The van der Waals surface area contributed by atoms with Crippen molar-refractivity contribution in [2.45, 2.75) is 342 Å². The SMILES string of the molecule is CCCCCCCCCCCCCCC(=O)OC[C@H](COP(=O)(O)OC[C@@H](O)COP(=O)(O)OC[C@@H](COC(=O)CCCCCCCCCCCC)OC(=O)CCCCCCCCCC(C)C)OC(=O)CCCCCCCCCCC(C)CC. The Morgan fingerprint density at radius 1 is 0.345 bits per heavy atom. The Morgan fingerprint density at radius 2 is 0.607 bits per heavy atom. The molecule has 3 N–H and O–H groups in total. The number of carbonyl (C=O) groups is 4. The number of unbranched alkanes of at least 4 members (excludes halogenated alkanes) is 33. The molecule has 0 aromatic heterocycles. The van der Waals surface area contributed by atoms with Crippen LogP contribution in [0.4, 0.5) is 0 Å². The third-order valence-electron chi connectivity index (χ3n) is 15.3. The van der Waals surface area contributed by atoms with Crippen molar-refractivity contribution in [2.24, 2.45) is 11.8 Å². The molecule has 0 spiro atoms. The van der Waals surface area contributed by atoms with E-state index >= 15 is 0 Å². The first-order valence-corrected chi connectivity index (χ1v) is 37.0. The summed E-state index contributed by atoms with van der Waals surface area (Å²) in [6, 6.07) is 0. The summed E-state index contributed by atoms with van der Waals surface area (Å²) in [6.45, 7) is 9.43. The van der Waals surface area contributed by atoms with E-state index in [1.165, 1.54) is 141 Å². The second-order valence-electron chi connectivity index (χ2n) is 24.2. The number of hydrogen-bond donors (Lipinski definition) is 3. The van der Waals surface area contributed by atoms with E-state index in [1.807, 2.05) is 0 Å². The molecule has 0 saturated heterocycles. The summed E-state index contributed by atoms with van der Waals surface area (Å²) in [5.41, 5.74) is 0. The predicted octanol–water partition coefficient (Wildman–Crippen LogP) is 18.0. The maximum Gasteiger partial charge on any atom is 0.472 e. The molecule has 498 valence electrons. The van der Waals surface area contributed by atoms with Crippen LogP contribution in [0.2, 0.25) is 0 Å². The van der Waals surface area contributed by atoms with Crippen molar-refractivity contribution in [1.29, 1.82) is 0 Å². The van der Waals surface area contributed by atoms with E-state index < -0.39 is 97.5 Å². The highest BCUT2D eigenvalue weighted by Crippen LogP contribution is 2.45. The molecule has 0 aliphatic carbocycles. The van der Waals surface area contributed by atoms with Crippen LogP contribution in [0.3, 0.4) is 0 Å². The van der Waals surface area contributed by atoms with Gasteiger partial charge in [-0.25, -0.2) is 9.13 Å². The van der Waals surface area contributed by atoms with Gasteiger partial charge in [-0.2, -0.15) is 0 Å². The Labute approximate surface area is 511 Å². The summed E-state index contributed by atoms with van der Waals surface area (Å²) in [4.78, 5) is 72.2. The van der Waals surface area contributed by atoms with Gasteiger partial charge in [-0.05, 0) is 37.5 Å². The van der Waals surface area contributed by atoms with E-state index in [2.05, 4.69) is 41.5 Å². The Balaban J connectivity index is 5.25. The highest BCUT2D eigenvalue weighted by atomic mass is 31.2. The summed E-state index contributed by atoms with van der Waals surface area (Å²) >= 11 is 0. The smallest absolute Gasteiger partial charge is 0.462 e. The normalized spacial score (nSPS) is 14.6. The van der Waals surface area contributed by atoms with Gasteiger partial charge in [0.2, 0.25) is 0 Å². The van der Waals surface area contributed by atoms with Crippen LogP contribution in [-0.2, 0) is 65.4 Å². The standard InChI is InChI=1S/C65H126O17P2/c1-7-10-12-14-16-18-20-21-23-30-36-42-48-63(68)76-53-60(81-64(69)49-43-37-31-25-24-28-34-40-46-58(6)9-3)55-79-83(71,72)77-51-59(66)52-78-84(73,74)80-56-61(82-65(70)50-44-38-32-26-27-33-39-45-57(4)5)54-75-62(67)47-41-35-29-22-19-17-15-13-11-8-2/h57-61,66H,7-56H2,1-6H3,(H,71,72)(H,73,74)/t58?,59-,60-,61-/m1/s1.